The molecule has 3 rings (SSSR count). The molecule has 9 heteroatoms. The molecule has 34 heavy (non-hydrogen) atoms. The van der Waals surface area contributed by atoms with Crippen LogP contribution < -0.4 is 16.0 Å². The SMILES string of the molecule is CC(CCNC(=O)OCC1c2ccccc2-c2ccccc21)CC(=O)NCC(=O)NCC(=O)O. The van der Waals surface area contributed by atoms with Crippen LogP contribution in [0.3, 0.4) is 0 Å². The zero-order valence-electron chi connectivity index (χ0n) is 19.0. The van der Waals surface area contributed by atoms with E-state index in [0.717, 1.165) is 11.1 Å². The van der Waals surface area contributed by atoms with Gasteiger partial charge in [0.15, 0.2) is 0 Å². The second-order valence-electron chi connectivity index (χ2n) is 8.30. The number of carboxylic acids is 1. The molecule has 2 aromatic rings. The van der Waals surface area contributed by atoms with Crippen molar-refractivity contribution in [2.75, 3.05) is 26.2 Å². The van der Waals surface area contributed by atoms with Gasteiger partial charge in [-0.2, -0.15) is 0 Å². The number of hydrogen-bond acceptors (Lipinski definition) is 5. The Labute approximate surface area is 197 Å². The third kappa shape index (κ3) is 6.81. The van der Waals surface area contributed by atoms with Crippen LogP contribution in [-0.2, 0) is 19.1 Å². The number of amides is 3. The lowest BCUT2D eigenvalue weighted by atomic mass is 9.98. The number of alkyl carbamates (subject to hydrolysis) is 1. The Kier molecular flexibility index (Phi) is 8.61. The largest absolute Gasteiger partial charge is 0.480 e. The predicted molar refractivity (Wildman–Crippen MR) is 125 cm³/mol. The van der Waals surface area contributed by atoms with Crippen LogP contribution in [0.5, 0.6) is 0 Å². The van der Waals surface area contributed by atoms with E-state index in [9.17, 15) is 19.2 Å². The van der Waals surface area contributed by atoms with E-state index < -0.39 is 24.5 Å². The fourth-order valence-corrected chi connectivity index (χ4v) is 3.98. The summed E-state index contributed by atoms with van der Waals surface area (Å²) in [6.07, 6.45) is 0.232. The van der Waals surface area contributed by atoms with Crippen molar-refractivity contribution in [3.05, 3.63) is 59.7 Å². The van der Waals surface area contributed by atoms with Crippen LogP contribution in [-0.4, -0.2) is 55.2 Å². The number of benzene rings is 2. The van der Waals surface area contributed by atoms with Gasteiger partial charge in [0.2, 0.25) is 11.8 Å². The van der Waals surface area contributed by atoms with Crippen molar-refractivity contribution in [2.24, 2.45) is 5.92 Å². The minimum Gasteiger partial charge on any atom is -0.480 e. The van der Waals surface area contributed by atoms with Crippen molar-refractivity contribution in [3.8, 4) is 11.1 Å². The van der Waals surface area contributed by atoms with Gasteiger partial charge in [-0.05, 0) is 34.6 Å². The highest BCUT2D eigenvalue weighted by molar-refractivity contribution is 5.86. The summed E-state index contributed by atoms with van der Waals surface area (Å²) < 4.78 is 5.49. The summed E-state index contributed by atoms with van der Waals surface area (Å²) in [5.74, 6) is -2.08. The van der Waals surface area contributed by atoms with Gasteiger partial charge in [-0.3, -0.25) is 14.4 Å². The quantitative estimate of drug-likeness (QED) is 0.401. The van der Waals surface area contributed by atoms with Gasteiger partial charge in [-0.15, -0.1) is 0 Å². The third-order valence-electron chi connectivity index (χ3n) is 5.67. The summed E-state index contributed by atoms with van der Waals surface area (Å²) in [5, 5.41) is 15.8. The Hall–Kier alpha value is -3.88. The predicted octanol–water partition coefficient (Wildman–Crippen LogP) is 2.26. The summed E-state index contributed by atoms with van der Waals surface area (Å²) in [4.78, 5) is 46.0. The minimum atomic E-state index is -1.16. The molecule has 0 saturated carbocycles. The van der Waals surface area contributed by atoms with E-state index in [0.29, 0.717) is 13.0 Å². The Morgan fingerprint density at radius 1 is 0.882 bits per heavy atom. The van der Waals surface area contributed by atoms with Gasteiger partial charge < -0.3 is 25.8 Å². The molecule has 2 aromatic carbocycles. The van der Waals surface area contributed by atoms with Crippen molar-refractivity contribution < 1.29 is 29.0 Å². The van der Waals surface area contributed by atoms with E-state index in [1.165, 1.54) is 11.1 Å². The Morgan fingerprint density at radius 2 is 1.47 bits per heavy atom. The second kappa shape index (κ2) is 11.8. The molecule has 180 valence electrons. The zero-order chi connectivity index (χ0) is 24.5. The first-order valence-electron chi connectivity index (χ1n) is 11.2. The second-order valence-corrected chi connectivity index (χ2v) is 8.30. The van der Waals surface area contributed by atoms with Crippen LogP contribution in [0.4, 0.5) is 4.79 Å². The van der Waals surface area contributed by atoms with E-state index in [4.69, 9.17) is 9.84 Å². The number of aliphatic carboxylic acids is 1. The maximum absolute atomic E-state index is 12.2. The summed E-state index contributed by atoms with van der Waals surface area (Å²) >= 11 is 0. The highest BCUT2D eigenvalue weighted by Crippen LogP contribution is 2.44. The molecule has 0 spiro atoms. The molecule has 0 fully saturated rings. The maximum Gasteiger partial charge on any atom is 0.407 e. The number of rotatable bonds is 11. The van der Waals surface area contributed by atoms with E-state index in [1.807, 2.05) is 31.2 Å². The topological polar surface area (TPSA) is 134 Å². The van der Waals surface area contributed by atoms with Gasteiger partial charge in [0, 0.05) is 18.9 Å². The van der Waals surface area contributed by atoms with Gasteiger partial charge in [0.05, 0.1) is 6.54 Å². The van der Waals surface area contributed by atoms with E-state index in [2.05, 4.69) is 40.2 Å². The monoisotopic (exact) mass is 467 g/mol. The Morgan fingerprint density at radius 3 is 2.09 bits per heavy atom. The lowest BCUT2D eigenvalue weighted by molar-refractivity contribution is -0.137. The van der Waals surface area contributed by atoms with Crippen LogP contribution in [0.1, 0.15) is 36.8 Å². The van der Waals surface area contributed by atoms with Gasteiger partial charge in [-0.25, -0.2) is 4.79 Å². The number of nitrogens with one attached hydrogen (secondary N) is 3. The van der Waals surface area contributed by atoms with Crippen LogP contribution in [0.2, 0.25) is 0 Å². The van der Waals surface area contributed by atoms with Crippen molar-refractivity contribution in [2.45, 2.75) is 25.7 Å². The van der Waals surface area contributed by atoms with E-state index >= 15 is 0 Å². The molecule has 1 aliphatic carbocycles. The summed E-state index contributed by atoms with van der Waals surface area (Å²) in [5.41, 5.74) is 4.62. The van der Waals surface area contributed by atoms with Crippen LogP contribution >= 0.6 is 0 Å². The average molecular weight is 468 g/mol. The first kappa shape index (κ1) is 24.8. The molecule has 0 aromatic heterocycles. The van der Waals surface area contributed by atoms with Gasteiger partial charge in [0.1, 0.15) is 13.2 Å². The van der Waals surface area contributed by atoms with Crippen molar-refractivity contribution in [1.29, 1.82) is 0 Å². The molecule has 1 aliphatic rings. The highest BCUT2D eigenvalue weighted by atomic mass is 16.5. The molecular weight excluding hydrogens is 438 g/mol. The standard InChI is InChI=1S/C25H29N3O6/c1-16(12-22(29)27-13-23(30)28-14-24(31)32)10-11-26-25(33)34-15-21-19-8-4-2-6-17(19)18-7-3-5-9-20(18)21/h2-9,16,21H,10-15H2,1H3,(H,26,33)(H,27,29)(H,28,30)(H,31,32). The zero-order valence-corrected chi connectivity index (χ0v) is 19.0. The summed E-state index contributed by atoms with van der Waals surface area (Å²) in [6, 6.07) is 16.2. The van der Waals surface area contributed by atoms with E-state index in [-0.39, 0.29) is 37.3 Å². The molecule has 0 heterocycles. The lowest BCUT2D eigenvalue weighted by Gasteiger charge is -2.15. The van der Waals surface area contributed by atoms with Gasteiger partial charge >= 0.3 is 12.1 Å². The molecule has 1 unspecified atom stereocenters. The molecule has 0 radical (unpaired) electrons. The number of hydrogen-bond donors (Lipinski definition) is 4. The fraction of sp³-hybridized carbons (Fsp3) is 0.360. The smallest absolute Gasteiger partial charge is 0.407 e. The summed E-state index contributed by atoms with van der Waals surface area (Å²) in [6.45, 7) is 1.68. The summed E-state index contributed by atoms with van der Waals surface area (Å²) in [7, 11) is 0. The van der Waals surface area contributed by atoms with Gasteiger partial charge in [-0.1, -0.05) is 55.5 Å². The number of carbonyl (C=O) groups excluding carboxylic acids is 3. The first-order valence-corrected chi connectivity index (χ1v) is 11.2. The van der Waals surface area contributed by atoms with Crippen LogP contribution in [0.25, 0.3) is 11.1 Å². The highest BCUT2D eigenvalue weighted by Gasteiger charge is 2.28. The van der Waals surface area contributed by atoms with Crippen LogP contribution in [0.15, 0.2) is 48.5 Å². The molecule has 9 nitrogen and oxygen atoms in total. The molecule has 0 aliphatic heterocycles. The molecule has 3 amide bonds. The third-order valence-corrected chi connectivity index (χ3v) is 5.67. The lowest BCUT2D eigenvalue weighted by Crippen LogP contribution is -2.39. The molecule has 0 saturated heterocycles. The van der Waals surface area contributed by atoms with Gasteiger partial charge in [0.25, 0.3) is 0 Å². The minimum absolute atomic E-state index is 0.00605. The number of carbonyl (C=O) groups is 4. The molecule has 0 bridgehead atoms. The molecular formula is C25H29N3O6. The average Bonchev–Trinajstić information content (AvgIpc) is 3.14. The van der Waals surface area contributed by atoms with E-state index in [1.54, 1.807) is 0 Å². The molecule has 1 atom stereocenters. The number of fused-ring (bicyclic) bond motifs is 3. The Balaban J connectivity index is 1.35. The molecule has 4 N–H and O–H groups in total. The normalized spacial score (nSPS) is 12.7. The number of carboxylic acid groups (broad SMARTS) is 1. The van der Waals surface area contributed by atoms with Crippen molar-refractivity contribution >= 4 is 23.9 Å². The van der Waals surface area contributed by atoms with Crippen molar-refractivity contribution in [3.63, 3.8) is 0 Å². The Bertz CT molecular complexity index is 1010. The first-order chi connectivity index (χ1) is 16.3. The van der Waals surface area contributed by atoms with Crippen LogP contribution in [0, 0.1) is 5.92 Å². The fourth-order valence-electron chi connectivity index (χ4n) is 3.98. The number of ether oxygens (including phenoxy) is 1. The maximum atomic E-state index is 12.2. The van der Waals surface area contributed by atoms with Crippen molar-refractivity contribution in [1.82, 2.24) is 16.0 Å².